The molecule has 0 fully saturated rings. The summed E-state index contributed by atoms with van der Waals surface area (Å²) in [7, 11) is -4.00. The van der Waals surface area contributed by atoms with Gasteiger partial charge in [0.2, 0.25) is 0 Å². The lowest BCUT2D eigenvalue weighted by atomic mass is 10.2. The molecule has 0 bridgehead atoms. The largest absolute Gasteiger partial charge is 0.417 e. The molecule has 0 aliphatic carbocycles. The van der Waals surface area contributed by atoms with E-state index in [1.807, 2.05) is 0 Å². The lowest BCUT2D eigenvalue weighted by molar-refractivity contribution is -0.137. The summed E-state index contributed by atoms with van der Waals surface area (Å²) < 4.78 is 65.9. The number of para-hydroxylation sites is 1. The van der Waals surface area contributed by atoms with Gasteiger partial charge in [0.25, 0.3) is 10.0 Å². The Morgan fingerprint density at radius 2 is 1.54 bits per heavy atom. The molecule has 0 aliphatic heterocycles. The number of halogens is 4. The number of anilines is 1. The van der Waals surface area contributed by atoms with Crippen LogP contribution in [0.3, 0.4) is 0 Å². The van der Waals surface area contributed by atoms with Crippen LogP contribution in [0.15, 0.2) is 77.8 Å². The first-order chi connectivity index (χ1) is 13.2. The third-order valence-electron chi connectivity index (χ3n) is 3.91. The predicted molar refractivity (Wildman–Crippen MR) is 101 cm³/mol. The lowest BCUT2D eigenvalue weighted by Gasteiger charge is -2.24. The van der Waals surface area contributed by atoms with Crippen LogP contribution in [0.2, 0.25) is 5.02 Å². The highest BCUT2D eigenvalue weighted by Gasteiger charge is 2.32. The number of alkyl halides is 3. The minimum absolute atomic E-state index is 0.0121. The molecule has 3 rings (SSSR count). The Morgan fingerprint density at radius 1 is 0.964 bits per heavy atom. The summed E-state index contributed by atoms with van der Waals surface area (Å²) in [6.07, 6.45) is -3.95. The Labute approximate surface area is 165 Å². The van der Waals surface area contributed by atoms with Gasteiger partial charge in [-0.15, -0.1) is 0 Å². The molecular formula is C19H14ClF3N2O2S. The van der Waals surface area contributed by atoms with Crippen molar-refractivity contribution in [3.63, 3.8) is 0 Å². The first kappa shape index (κ1) is 20.2. The van der Waals surface area contributed by atoms with Crippen LogP contribution in [0.25, 0.3) is 0 Å². The van der Waals surface area contributed by atoms with E-state index in [0.717, 1.165) is 10.4 Å². The maximum atomic E-state index is 13.1. The maximum absolute atomic E-state index is 13.1. The van der Waals surface area contributed by atoms with E-state index in [9.17, 15) is 21.6 Å². The van der Waals surface area contributed by atoms with Crippen molar-refractivity contribution in [2.45, 2.75) is 17.6 Å². The molecule has 1 heterocycles. The number of nitrogens with zero attached hydrogens (tertiary/aromatic N) is 2. The summed E-state index contributed by atoms with van der Waals surface area (Å²) >= 11 is 5.98. The average molecular weight is 427 g/mol. The molecule has 3 aromatic rings. The summed E-state index contributed by atoms with van der Waals surface area (Å²) in [4.78, 5) is 3.80. The number of sulfonamides is 1. The van der Waals surface area contributed by atoms with Gasteiger partial charge in [0.15, 0.2) is 0 Å². The van der Waals surface area contributed by atoms with Gasteiger partial charge in [-0.1, -0.05) is 48.0 Å². The fraction of sp³-hybridized carbons (Fsp3) is 0.105. The van der Waals surface area contributed by atoms with E-state index in [1.165, 1.54) is 12.1 Å². The van der Waals surface area contributed by atoms with Gasteiger partial charge in [0.1, 0.15) is 0 Å². The van der Waals surface area contributed by atoms with Gasteiger partial charge in [-0.05, 0) is 30.3 Å². The fourth-order valence-corrected chi connectivity index (χ4v) is 4.18. The van der Waals surface area contributed by atoms with Crippen molar-refractivity contribution >= 4 is 27.3 Å². The first-order valence-electron chi connectivity index (χ1n) is 8.04. The zero-order valence-electron chi connectivity index (χ0n) is 14.3. The molecular weight excluding hydrogens is 413 g/mol. The highest BCUT2D eigenvalue weighted by Crippen LogP contribution is 2.32. The van der Waals surface area contributed by atoms with E-state index in [1.54, 1.807) is 48.5 Å². The molecule has 2 aromatic carbocycles. The van der Waals surface area contributed by atoms with Gasteiger partial charge >= 0.3 is 6.18 Å². The van der Waals surface area contributed by atoms with E-state index in [4.69, 9.17) is 11.6 Å². The molecule has 1 aromatic heterocycles. The van der Waals surface area contributed by atoms with Crippen molar-refractivity contribution in [2.24, 2.45) is 0 Å². The van der Waals surface area contributed by atoms with E-state index in [0.29, 0.717) is 11.9 Å². The van der Waals surface area contributed by atoms with Crippen LogP contribution in [0, 0.1) is 0 Å². The molecule has 0 saturated carbocycles. The molecule has 9 heteroatoms. The van der Waals surface area contributed by atoms with Gasteiger partial charge in [0, 0.05) is 6.20 Å². The topological polar surface area (TPSA) is 50.3 Å². The molecule has 4 nitrogen and oxygen atoms in total. The number of hydrogen-bond acceptors (Lipinski definition) is 3. The molecule has 0 spiro atoms. The highest BCUT2D eigenvalue weighted by atomic mass is 35.5. The molecule has 0 unspecified atom stereocenters. The van der Waals surface area contributed by atoms with Crippen molar-refractivity contribution in [3.8, 4) is 0 Å². The summed E-state index contributed by atoms with van der Waals surface area (Å²) in [5, 5.41) is -0.265. The standard InChI is InChI=1S/C19H14ClF3N2O2S/c20-17-11-14(19(21,22)23)12-24-18(17)13-25(15-7-3-1-4-8-15)28(26,27)16-9-5-2-6-10-16/h1-12H,13H2. The fourth-order valence-electron chi connectivity index (χ4n) is 2.50. The summed E-state index contributed by atoms with van der Waals surface area (Å²) in [5.74, 6) is 0. The smallest absolute Gasteiger partial charge is 0.260 e. The van der Waals surface area contributed by atoms with E-state index < -0.39 is 21.8 Å². The van der Waals surface area contributed by atoms with Crippen LogP contribution in [-0.4, -0.2) is 13.4 Å². The zero-order valence-corrected chi connectivity index (χ0v) is 15.8. The molecule has 0 saturated heterocycles. The van der Waals surface area contributed by atoms with Crippen LogP contribution in [0.4, 0.5) is 18.9 Å². The molecule has 0 amide bonds. The maximum Gasteiger partial charge on any atom is 0.417 e. The van der Waals surface area contributed by atoms with Gasteiger partial charge in [0.05, 0.1) is 33.4 Å². The summed E-state index contributed by atoms with van der Waals surface area (Å²) in [5.41, 5.74) is -0.652. The second-order valence-electron chi connectivity index (χ2n) is 5.81. The van der Waals surface area contributed by atoms with Crippen LogP contribution >= 0.6 is 11.6 Å². The summed E-state index contributed by atoms with van der Waals surface area (Å²) in [6, 6.07) is 16.7. The Balaban J connectivity index is 2.05. The Hall–Kier alpha value is -2.58. The van der Waals surface area contributed by atoms with Crippen molar-refractivity contribution in [1.29, 1.82) is 0 Å². The normalized spacial score (nSPS) is 12.0. The van der Waals surface area contributed by atoms with Crippen LogP contribution in [0.1, 0.15) is 11.3 Å². The third-order valence-corrected chi connectivity index (χ3v) is 6.03. The van der Waals surface area contributed by atoms with E-state index >= 15 is 0 Å². The molecule has 146 valence electrons. The van der Waals surface area contributed by atoms with Gasteiger partial charge < -0.3 is 0 Å². The van der Waals surface area contributed by atoms with Crippen molar-refractivity contribution in [3.05, 3.63) is 89.2 Å². The second kappa shape index (κ2) is 7.81. The number of hydrogen-bond donors (Lipinski definition) is 0. The van der Waals surface area contributed by atoms with Gasteiger partial charge in [-0.2, -0.15) is 13.2 Å². The van der Waals surface area contributed by atoms with E-state index in [-0.39, 0.29) is 22.2 Å². The van der Waals surface area contributed by atoms with Crippen LogP contribution < -0.4 is 4.31 Å². The van der Waals surface area contributed by atoms with Crippen molar-refractivity contribution in [1.82, 2.24) is 4.98 Å². The lowest BCUT2D eigenvalue weighted by Crippen LogP contribution is -2.31. The molecule has 0 aliphatic rings. The molecule has 0 atom stereocenters. The zero-order chi connectivity index (χ0) is 20.4. The predicted octanol–water partition coefficient (Wildman–Crippen LogP) is 5.15. The Morgan fingerprint density at radius 3 is 2.07 bits per heavy atom. The molecule has 0 radical (unpaired) electrons. The first-order valence-corrected chi connectivity index (χ1v) is 9.86. The minimum atomic E-state index is -4.59. The minimum Gasteiger partial charge on any atom is -0.260 e. The number of pyridine rings is 1. The number of rotatable bonds is 5. The second-order valence-corrected chi connectivity index (χ2v) is 8.08. The quantitative estimate of drug-likeness (QED) is 0.567. The Kier molecular flexibility index (Phi) is 5.62. The van der Waals surface area contributed by atoms with E-state index in [2.05, 4.69) is 4.98 Å². The number of benzene rings is 2. The van der Waals surface area contributed by atoms with Crippen LogP contribution in [0.5, 0.6) is 0 Å². The SMILES string of the molecule is O=S(=O)(c1ccccc1)N(Cc1ncc(C(F)(F)F)cc1Cl)c1ccccc1. The van der Waals surface area contributed by atoms with Crippen molar-refractivity contribution < 1.29 is 21.6 Å². The van der Waals surface area contributed by atoms with Gasteiger partial charge in [-0.25, -0.2) is 8.42 Å². The average Bonchev–Trinajstić information content (AvgIpc) is 2.67. The number of aromatic nitrogens is 1. The van der Waals surface area contributed by atoms with Crippen LogP contribution in [-0.2, 0) is 22.7 Å². The van der Waals surface area contributed by atoms with Gasteiger partial charge in [-0.3, -0.25) is 9.29 Å². The van der Waals surface area contributed by atoms with Crippen molar-refractivity contribution in [2.75, 3.05) is 4.31 Å². The molecule has 28 heavy (non-hydrogen) atoms. The summed E-state index contributed by atoms with van der Waals surface area (Å²) in [6.45, 7) is -0.321. The third kappa shape index (κ3) is 4.28. The monoisotopic (exact) mass is 426 g/mol. The Bertz CT molecular complexity index is 1060. The highest BCUT2D eigenvalue weighted by molar-refractivity contribution is 7.92. The molecule has 0 N–H and O–H groups in total.